The Labute approximate surface area is 106 Å². The van der Waals surface area contributed by atoms with E-state index >= 15 is 0 Å². The van der Waals surface area contributed by atoms with Crippen LogP contribution in [0.5, 0.6) is 5.75 Å². The zero-order valence-corrected chi connectivity index (χ0v) is 10.2. The first-order valence-electron chi connectivity index (χ1n) is 5.30. The van der Waals surface area contributed by atoms with Crippen LogP contribution < -0.4 is 16.2 Å². The number of nitrogens with two attached hydrogens (primary N) is 2. The minimum Gasteiger partial charge on any atom is -0.457 e. The fourth-order valence-corrected chi connectivity index (χ4v) is 1.26. The van der Waals surface area contributed by atoms with E-state index in [0.29, 0.717) is 17.2 Å². The smallest absolute Gasteiger partial charge is 0.130 e. The van der Waals surface area contributed by atoms with Gasteiger partial charge in [-0.15, -0.1) is 0 Å². The van der Waals surface area contributed by atoms with Crippen LogP contribution in [-0.2, 0) is 0 Å². The van der Waals surface area contributed by atoms with Crippen LogP contribution in [0.15, 0.2) is 54.5 Å². The number of hydrogen-bond donors (Lipinski definition) is 2. The third kappa shape index (κ3) is 3.72. The summed E-state index contributed by atoms with van der Waals surface area (Å²) < 4.78 is 5.59. The Morgan fingerprint density at radius 2 is 2.22 bits per heavy atom. The van der Waals surface area contributed by atoms with Gasteiger partial charge >= 0.3 is 0 Å². The number of nitrogen functional groups attached to an aromatic ring is 1. The molecule has 0 heterocycles. The molecule has 4 nitrogen and oxygen atoms in total. The second-order valence-electron chi connectivity index (χ2n) is 3.64. The first-order valence-corrected chi connectivity index (χ1v) is 5.30. The molecule has 4 N–H and O–H groups in total. The summed E-state index contributed by atoms with van der Waals surface area (Å²) in [7, 11) is 0. The number of ether oxygens (including phenoxy) is 1. The summed E-state index contributed by atoms with van der Waals surface area (Å²) in [5.74, 6) is 1.06. The Morgan fingerprint density at radius 1 is 1.50 bits per heavy atom. The van der Waals surface area contributed by atoms with Crippen molar-refractivity contribution >= 4 is 5.69 Å². The van der Waals surface area contributed by atoms with E-state index in [1.54, 1.807) is 24.3 Å². The first-order chi connectivity index (χ1) is 8.56. The highest BCUT2D eigenvalue weighted by Gasteiger charge is 2.01. The minimum absolute atomic E-state index is 0.0651. The van der Waals surface area contributed by atoms with Crippen molar-refractivity contribution in [3.05, 3.63) is 60.0 Å². The highest BCUT2D eigenvalue weighted by molar-refractivity contribution is 5.50. The quantitative estimate of drug-likeness (QED) is 0.367. The molecule has 1 aromatic rings. The fraction of sp³-hybridized carbons (Fsp3) is 0.0714. The molecule has 92 valence electrons. The van der Waals surface area contributed by atoms with Gasteiger partial charge in [-0.25, -0.2) is 0 Å². The SMILES string of the molecule is C=C/C=C(\C=C(/N)C#N)Oc1ccc(N)c(C)c1. The zero-order valence-electron chi connectivity index (χ0n) is 10.2. The summed E-state index contributed by atoms with van der Waals surface area (Å²) in [5.41, 5.74) is 12.8. The van der Waals surface area contributed by atoms with Gasteiger partial charge in [0.05, 0.1) is 0 Å². The van der Waals surface area contributed by atoms with E-state index < -0.39 is 0 Å². The molecule has 0 saturated carbocycles. The van der Waals surface area contributed by atoms with E-state index in [4.69, 9.17) is 21.5 Å². The number of rotatable bonds is 4. The number of nitrogens with zero attached hydrogens (tertiary/aromatic N) is 1. The van der Waals surface area contributed by atoms with Gasteiger partial charge in [0, 0.05) is 11.8 Å². The summed E-state index contributed by atoms with van der Waals surface area (Å²) in [6.45, 7) is 5.46. The van der Waals surface area contributed by atoms with Gasteiger partial charge in [0.2, 0.25) is 0 Å². The van der Waals surface area contributed by atoms with E-state index in [2.05, 4.69) is 6.58 Å². The molecule has 0 saturated heterocycles. The molecule has 1 aromatic carbocycles. The number of benzene rings is 1. The Bertz CT molecular complexity index is 551. The van der Waals surface area contributed by atoms with Crippen LogP contribution in [0.1, 0.15) is 5.56 Å². The monoisotopic (exact) mass is 241 g/mol. The van der Waals surface area contributed by atoms with Crippen molar-refractivity contribution in [1.29, 1.82) is 5.26 Å². The lowest BCUT2D eigenvalue weighted by Crippen LogP contribution is -1.99. The van der Waals surface area contributed by atoms with Crippen LogP contribution in [0.3, 0.4) is 0 Å². The van der Waals surface area contributed by atoms with Crippen LogP contribution in [0.2, 0.25) is 0 Å². The van der Waals surface area contributed by atoms with E-state index in [9.17, 15) is 0 Å². The van der Waals surface area contributed by atoms with Crippen LogP contribution >= 0.6 is 0 Å². The highest BCUT2D eigenvalue weighted by atomic mass is 16.5. The number of allylic oxidation sites excluding steroid dienone is 4. The maximum absolute atomic E-state index is 8.63. The van der Waals surface area contributed by atoms with Gasteiger partial charge in [-0.2, -0.15) is 5.26 Å². The van der Waals surface area contributed by atoms with Crippen LogP contribution in [0.25, 0.3) is 0 Å². The maximum Gasteiger partial charge on any atom is 0.130 e. The lowest BCUT2D eigenvalue weighted by molar-refractivity contribution is 0.444. The summed E-state index contributed by atoms with van der Waals surface area (Å²) in [5, 5.41) is 8.63. The number of hydrogen-bond acceptors (Lipinski definition) is 4. The molecule has 18 heavy (non-hydrogen) atoms. The molecule has 4 heteroatoms. The Kier molecular flexibility index (Phi) is 4.58. The molecule has 0 aliphatic carbocycles. The largest absolute Gasteiger partial charge is 0.457 e. The van der Waals surface area contributed by atoms with Crippen molar-refractivity contribution in [1.82, 2.24) is 0 Å². The predicted octanol–water partition coefficient (Wildman–Crippen LogP) is 2.39. The van der Waals surface area contributed by atoms with Gasteiger partial charge < -0.3 is 16.2 Å². The average molecular weight is 241 g/mol. The predicted molar refractivity (Wildman–Crippen MR) is 72.4 cm³/mol. The summed E-state index contributed by atoms with van der Waals surface area (Å²) in [6.07, 6.45) is 4.61. The Hall–Kier alpha value is -2.67. The normalized spacial score (nSPS) is 11.8. The van der Waals surface area contributed by atoms with E-state index in [1.165, 1.54) is 6.08 Å². The van der Waals surface area contributed by atoms with E-state index in [0.717, 1.165) is 5.56 Å². The molecule has 0 atom stereocenters. The maximum atomic E-state index is 8.63. The second kappa shape index (κ2) is 6.16. The van der Waals surface area contributed by atoms with Crippen LogP contribution in [-0.4, -0.2) is 0 Å². The van der Waals surface area contributed by atoms with Gasteiger partial charge in [-0.1, -0.05) is 12.7 Å². The molecule has 0 fully saturated rings. The molecule has 1 rings (SSSR count). The van der Waals surface area contributed by atoms with Crippen LogP contribution in [0, 0.1) is 18.3 Å². The minimum atomic E-state index is 0.0651. The number of nitriles is 1. The van der Waals surface area contributed by atoms with Gasteiger partial charge in [-0.05, 0) is 36.8 Å². The Morgan fingerprint density at radius 3 is 2.78 bits per heavy atom. The molecule has 0 radical (unpaired) electrons. The molecule has 0 aliphatic heterocycles. The fourth-order valence-electron chi connectivity index (χ4n) is 1.26. The van der Waals surface area contributed by atoms with Crippen molar-refractivity contribution in [2.24, 2.45) is 5.73 Å². The zero-order chi connectivity index (χ0) is 13.5. The number of anilines is 1. The molecular weight excluding hydrogens is 226 g/mol. The van der Waals surface area contributed by atoms with Gasteiger partial charge in [0.25, 0.3) is 0 Å². The average Bonchev–Trinajstić information content (AvgIpc) is 2.34. The second-order valence-corrected chi connectivity index (χ2v) is 3.64. The molecule has 0 spiro atoms. The lowest BCUT2D eigenvalue weighted by Gasteiger charge is -2.08. The van der Waals surface area contributed by atoms with Crippen molar-refractivity contribution in [2.75, 3.05) is 5.73 Å². The van der Waals surface area contributed by atoms with Crippen molar-refractivity contribution in [2.45, 2.75) is 6.92 Å². The van der Waals surface area contributed by atoms with Gasteiger partial charge in [0.15, 0.2) is 0 Å². The van der Waals surface area contributed by atoms with Crippen LogP contribution in [0.4, 0.5) is 5.69 Å². The van der Waals surface area contributed by atoms with E-state index in [1.807, 2.05) is 19.1 Å². The standard InChI is InChI=1S/C14H15N3O/c1-3-4-12(8-11(16)9-15)18-13-5-6-14(17)10(2)7-13/h3-8H,1,16-17H2,2H3/b11-8-,12-4+. The topological polar surface area (TPSA) is 85.1 Å². The molecular formula is C14H15N3O. The first kappa shape index (κ1) is 13.4. The molecule has 0 bridgehead atoms. The molecule has 0 unspecified atom stereocenters. The van der Waals surface area contributed by atoms with Gasteiger partial charge in [0.1, 0.15) is 23.3 Å². The van der Waals surface area contributed by atoms with Crippen molar-refractivity contribution in [3.8, 4) is 11.8 Å². The number of aryl methyl sites for hydroxylation is 1. The summed E-state index contributed by atoms with van der Waals surface area (Å²) in [4.78, 5) is 0. The summed E-state index contributed by atoms with van der Waals surface area (Å²) in [6, 6.07) is 7.14. The van der Waals surface area contributed by atoms with Crippen molar-refractivity contribution < 1.29 is 4.74 Å². The molecule has 0 aromatic heterocycles. The highest BCUT2D eigenvalue weighted by Crippen LogP contribution is 2.21. The van der Waals surface area contributed by atoms with Gasteiger partial charge in [-0.3, -0.25) is 0 Å². The van der Waals surface area contributed by atoms with E-state index in [-0.39, 0.29) is 5.70 Å². The Balaban J connectivity index is 2.98. The summed E-state index contributed by atoms with van der Waals surface area (Å²) >= 11 is 0. The third-order valence-corrected chi connectivity index (χ3v) is 2.19. The molecule has 0 amide bonds. The van der Waals surface area contributed by atoms with Crippen molar-refractivity contribution in [3.63, 3.8) is 0 Å². The third-order valence-electron chi connectivity index (χ3n) is 2.19. The molecule has 0 aliphatic rings. The lowest BCUT2D eigenvalue weighted by atomic mass is 10.2.